The fourth-order valence-electron chi connectivity index (χ4n) is 1.66. The molecular formula is C12H17NO. The molecule has 2 nitrogen and oxygen atoms in total. The SMILES string of the molecule is CCc1ccnc(C(C)C)c1C(C)=O. The van der Waals surface area contributed by atoms with Gasteiger partial charge < -0.3 is 0 Å². The van der Waals surface area contributed by atoms with Gasteiger partial charge >= 0.3 is 0 Å². The van der Waals surface area contributed by atoms with Crippen LogP contribution in [0.3, 0.4) is 0 Å². The summed E-state index contributed by atoms with van der Waals surface area (Å²) in [4.78, 5) is 15.8. The molecule has 0 spiro atoms. The zero-order valence-corrected chi connectivity index (χ0v) is 9.29. The van der Waals surface area contributed by atoms with E-state index in [0.29, 0.717) is 5.92 Å². The maximum absolute atomic E-state index is 11.5. The van der Waals surface area contributed by atoms with E-state index in [4.69, 9.17) is 0 Å². The normalized spacial score (nSPS) is 10.6. The van der Waals surface area contributed by atoms with Crippen molar-refractivity contribution in [3.8, 4) is 0 Å². The van der Waals surface area contributed by atoms with Crippen molar-refractivity contribution in [1.82, 2.24) is 4.98 Å². The lowest BCUT2D eigenvalue weighted by Crippen LogP contribution is -2.08. The van der Waals surface area contributed by atoms with Crippen LogP contribution in [-0.2, 0) is 6.42 Å². The molecule has 76 valence electrons. The van der Waals surface area contributed by atoms with Crippen molar-refractivity contribution >= 4 is 5.78 Å². The molecule has 0 aliphatic heterocycles. The van der Waals surface area contributed by atoms with Gasteiger partial charge in [-0.2, -0.15) is 0 Å². The minimum Gasteiger partial charge on any atom is -0.294 e. The van der Waals surface area contributed by atoms with E-state index in [2.05, 4.69) is 25.8 Å². The molecule has 0 saturated carbocycles. The molecule has 0 aliphatic carbocycles. The molecule has 1 heterocycles. The third-order valence-corrected chi connectivity index (χ3v) is 2.35. The van der Waals surface area contributed by atoms with Crippen molar-refractivity contribution in [2.75, 3.05) is 0 Å². The van der Waals surface area contributed by atoms with Crippen LogP contribution in [0.4, 0.5) is 0 Å². The number of ketones is 1. The molecule has 0 unspecified atom stereocenters. The Kier molecular flexibility index (Phi) is 3.39. The van der Waals surface area contributed by atoms with E-state index in [9.17, 15) is 4.79 Å². The molecular weight excluding hydrogens is 174 g/mol. The zero-order chi connectivity index (χ0) is 10.7. The van der Waals surface area contributed by atoms with Gasteiger partial charge in [-0.15, -0.1) is 0 Å². The molecule has 0 N–H and O–H groups in total. The van der Waals surface area contributed by atoms with Crippen molar-refractivity contribution < 1.29 is 4.79 Å². The smallest absolute Gasteiger partial charge is 0.161 e. The summed E-state index contributed by atoms with van der Waals surface area (Å²) in [6.45, 7) is 7.80. The molecule has 0 atom stereocenters. The predicted octanol–water partition coefficient (Wildman–Crippen LogP) is 2.97. The molecule has 1 aromatic rings. The zero-order valence-electron chi connectivity index (χ0n) is 9.29. The lowest BCUT2D eigenvalue weighted by atomic mass is 9.95. The van der Waals surface area contributed by atoms with Crippen molar-refractivity contribution in [3.05, 3.63) is 29.1 Å². The third kappa shape index (κ3) is 2.00. The quantitative estimate of drug-likeness (QED) is 0.687. The average molecular weight is 191 g/mol. The average Bonchev–Trinajstić information content (AvgIpc) is 2.16. The summed E-state index contributed by atoms with van der Waals surface area (Å²) in [5.41, 5.74) is 2.86. The molecule has 1 aromatic heterocycles. The van der Waals surface area contributed by atoms with Gasteiger partial charge in [0.05, 0.1) is 5.69 Å². The summed E-state index contributed by atoms with van der Waals surface area (Å²) in [6, 6.07) is 1.93. The summed E-state index contributed by atoms with van der Waals surface area (Å²) >= 11 is 0. The number of aromatic nitrogens is 1. The van der Waals surface area contributed by atoms with E-state index in [1.807, 2.05) is 6.07 Å². The monoisotopic (exact) mass is 191 g/mol. The first-order valence-corrected chi connectivity index (χ1v) is 5.06. The summed E-state index contributed by atoms with van der Waals surface area (Å²) < 4.78 is 0. The summed E-state index contributed by atoms with van der Waals surface area (Å²) in [7, 11) is 0. The number of carbonyl (C=O) groups excluding carboxylic acids is 1. The van der Waals surface area contributed by atoms with Crippen LogP contribution in [0.25, 0.3) is 0 Å². The number of rotatable bonds is 3. The Balaban J connectivity index is 3.35. The highest BCUT2D eigenvalue weighted by Gasteiger charge is 2.14. The number of Topliss-reactive ketones (excluding diaryl/α,β-unsaturated/α-hetero) is 1. The molecule has 1 rings (SSSR count). The first-order chi connectivity index (χ1) is 6.57. The van der Waals surface area contributed by atoms with E-state index < -0.39 is 0 Å². The van der Waals surface area contributed by atoms with Crippen LogP contribution in [0.15, 0.2) is 12.3 Å². The second-order valence-electron chi connectivity index (χ2n) is 3.79. The number of nitrogens with zero attached hydrogens (tertiary/aromatic N) is 1. The molecule has 0 bridgehead atoms. The van der Waals surface area contributed by atoms with Crippen LogP contribution in [-0.4, -0.2) is 10.8 Å². The fraction of sp³-hybridized carbons (Fsp3) is 0.500. The van der Waals surface area contributed by atoms with Crippen LogP contribution in [0.2, 0.25) is 0 Å². The molecule has 2 heteroatoms. The summed E-state index contributed by atoms with van der Waals surface area (Å²) in [6.07, 6.45) is 2.68. The van der Waals surface area contributed by atoms with E-state index in [1.165, 1.54) is 0 Å². The third-order valence-electron chi connectivity index (χ3n) is 2.35. The van der Waals surface area contributed by atoms with Gasteiger partial charge in [-0.05, 0) is 30.9 Å². The lowest BCUT2D eigenvalue weighted by molar-refractivity contribution is 0.101. The Hall–Kier alpha value is -1.18. The minimum absolute atomic E-state index is 0.124. The molecule has 0 saturated heterocycles. The van der Waals surface area contributed by atoms with Crippen LogP contribution in [0.1, 0.15) is 55.2 Å². The van der Waals surface area contributed by atoms with E-state index in [-0.39, 0.29) is 5.78 Å². The van der Waals surface area contributed by atoms with Gasteiger partial charge in [0, 0.05) is 11.8 Å². The van der Waals surface area contributed by atoms with Crippen LogP contribution < -0.4 is 0 Å². The Bertz CT molecular complexity index is 342. The number of pyridine rings is 1. The van der Waals surface area contributed by atoms with Crippen LogP contribution >= 0.6 is 0 Å². The van der Waals surface area contributed by atoms with Crippen molar-refractivity contribution in [2.45, 2.75) is 40.0 Å². The minimum atomic E-state index is 0.124. The van der Waals surface area contributed by atoms with Gasteiger partial charge in [0.15, 0.2) is 5.78 Å². The van der Waals surface area contributed by atoms with Crippen molar-refractivity contribution in [1.29, 1.82) is 0 Å². The standard InChI is InChI=1S/C12H17NO/c1-5-10-6-7-13-12(8(2)3)11(10)9(4)14/h6-8H,5H2,1-4H3. The highest BCUT2D eigenvalue weighted by atomic mass is 16.1. The lowest BCUT2D eigenvalue weighted by Gasteiger charge is -2.12. The molecule has 0 aliphatic rings. The van der Waals surface area contributed by atoms with Gasteiger partial charge in [0.25, 0.3) is 0 Å². The Morgan fingerprint density at radius 1 is 1.50 bits per heavy atom. The second kappa shape index (κ2) is 4.36. The number of carbonyl (C=O) groups is 1. The van der Waals surface area contributed by atoms with Gasteiger partial charge in [-0.3, -0.25) is 9.78 Å². The van der Waals surface area contributed by atoms with Crippen molar-refractivity contribution in [3.63, 3.8) is 0 Å². The topological polar surface area (TPSA) is 30.0 Å². The molecule has 0 aromatic carbocycles. The highest BCUT2D eigenvalue weighted by Crippen LogP contribution is 2.21. The van der Waals surface area contributed by atoms with Gasteiger partial charge in [-0.1, -0.05) is 20.8 Å². The van der Waals surface area contributed by atoms with Gasteiger partial charge in [-0.25, -0.2) is 0 Å². The Morgan fingerprint density at radius 3 is 2.57 bits per heavy atom. The van der Waals surface area contributed by atoms with Gasteiger partial charge in [0.2, 0.25) is 0 Å². The van der Waals surface area contributed by atoms with E-state index in [0.717, 1.165) is 23.2 Å². The molecule has 0 radical (unpaired) electrons. The van der Waals surface area contributed by atoms with Crippen LogP contribution in [0.5, 0.6) is 0 Å². The predicted molar refractivity (Wildman–Crippen MR) is 57.7 cm³/mol. The summed E-state index contributed by atoms with van der Waals surface area (Å²) in [5.74, 6) is 0.430. The molecule has 14 heavy (non-hydrogen) atoms. The highest BCUT2D eigenvalue weighted by molar-refractivity contribution is 5.96. The largest absolute Gasteiger partial charge is 0.294 e. The Labute approximate surface area is 85.4 Å². The first kappa shape index (κ1) is 10.9. The molecule has 0 amide bonds. The number of aryl methyl sites for hydroxylation is 1. The van der Waals surface area contributed by atoms with Gasteiger partial charge in [0.1, 0.15) is 0 Å². The first-order valence-electron chi connectivity index (χ1n) is 5.06. The maximum atomic E-state index is 11.5. The summed E-state index contributed by atoms with van der Waals surface area (Å²) in [5, 5.41) is 0. The fourth-order valence-corrected chi connectivity index (χ4v) is 1.66. The van der Waals surface area contributed by atoms with Crippen molar-refractivity contribution in [2.24, 2.45) is 0 Å². The maximum Gasteiger partial charge on any atom is 0.161 e. The second-order valence-corrected chi connectivity index (χ2v) is 3.79. The van der Waals surface area contributed by atoms with E-state index >= 15 is 0 Å². The van der Waals surface area contributed by atoms with E-state index in [1.54, 1.807) is 13.1 Å². The number of hydrogen-bond acceptors (Lipinski definition) is 2. The Morgan fingerprint density at radius 2 is 2.14 bits per heavy atom. The number of hydrogen-bond donors (Lipinski definition) is 0. The van der Waals surface area contributed by atoms with Crippen LogP contribution in [0, 0.1) is 0 Å². The molecule has 0 fully saturated rings.